The van der Waals surface area contributed by atoms with Crippen LogP contribution in [0.4, 0.5) is 13.2 Å². The van der Waals surface area contributed by atoms with Crippen molar-refractivity contribution < 1.29 is 32.2 Å². The third-order valence-corrected chi connectivity index (χ3v) is 2.78. The maximum Gasteiger partial charge on any atom is 0.403 e. The fourth-order valence-electron chi connectivity index (χ4n) is 1.00. The van der Waals surface area contributed by atoms with Crippen LogP contribution in [0, 0.1) is 5.92 Å². The normalized spacial score (nSPS) is 12.9. The molecule has 0 aromatic carbocycles. The molecule has 106 valence electrons. The van der Waals surface area contributed by atoms with Gasteiger partial charge >= 0.3 is 18.1 Å². The molecule has 0 radical (unpaired) electrons. The minimum absolute atomic E-state index is 0.117. The van der Waals surface area contributed by atoms with Gasteiger partial charge in [0.05, 0.1) is 19.0 Å². The van der Waals surface area contributed by atoms with E-state index in [9.17, 15) is 22.8 Å². The molecular formula is C10H15F3O4S. The Morgan fingerprint density at radius 2 is 1.72 bits per heavy atom. The summed E-state index contributed by atoms with van der Waals surface area (Å²) >= 11 is 0.695. The number of carbonyl (C=O) groups is 2. The number of thioether (sulfide) groups is 1. The van der Waals surface area contributed by atoms with Gasteiger partial charge in [-0.2, -0.15) is 13.2 Å². The lowest BCUT2D eigenvalue weighted by Gasteiger charge is -2.17. The van der Waals surface area contributed by atoms with Gasteiger partial charge in [-0.1, -0.05) is 0 Å². The van der Waals surface area contributed by atoms with Crippen LogP contribution in [0.2, 0.25) is 0 Å². The molecule has 0 fully saturated rings. The highest BCUT2D eigenvalue weighted by molar-refractivity contribution is 7.99. The van der Waals surface area contributed by atoms with Crippen molar-refractivity contribution in [3.63, 3.8) is 0 Å². The molecule has 0 bridgehead atoms. The van der Waals surface area contributed by atoms with Gasteiger partial charge in [-0.25, -0.2) is 0 Å². The lowest BCUT2D eigenvalue weighted by atomic mass is 10.2. The fraction of sp³-hybridized carbons (Fsp3) is 0.800. The van der Waals surface area contributed by atoms with Gasteiger partial charge in [-0.3, -0.25) is 9.59 Å². The van der Waals surface area contributed by atoms with E-state index < -0.39 is 29.8 Å². The SMILES string of the molecule is CCOC(=O)CSCC(C(=O)OCC)C(F)(F)F. The Morgan fingerprint density at radius 1 is 1.17 bits per heavy atom. The largest absolute Gasteiger partial charge is 0.465 e. The number of hydrogen-bond donors (Lipinski definition) is 0. The number of hydrogen-bond acceptors (Lipinski definition) is 5. The smallest absolute Gasteiger partial charge is 0.403 e. The molecule has 8 heteroatoms. The van der Waals surface area contributed by atoms with Crippen molar-refractivity contribution in [3.8, 4) is 0 Å². The van der Waals surface area contributed by atoms with Crippen LogP contribution >= 0.6 is 11.8 Å². The molecule has 0 aliphatic rings. The molecule has 0 N–H and O–H groups in total. The average molecular weight is 288 g/mol. The lowest BCUT2D eigenvalue weighted by Crippen LogP contribution is -2.34. The summed E-state index contributed by atoms with van der Waals surface area (Å²) < 4.78 is 46.5. The molecule has 0 saturated carbocycles. The summed E-state index contributed by atoms with van der Waals surface area (Å²) in [6.07, 6.45) is -4.67. The van der Waals surface area contributed by atoms with Crippen LogP contribution in [0.5, 0.6) is 0 Å². The van der Waals surface area contributed by atoms with E-state index in [2.05, 4.69) is 9.47 Å². The summed E-state index contributed by atoms with van der Waals surface area (Å²) in [7, 11) is 0. The second-order valence-electron chi connectivity index (χ2n) is 3.17. The summed E-state index contributed by atoms with van der Waals surface area (Å²) in [5.74, 6) is -4.91. The minimum Gasteiger partial charge on any atom is -0.465 e. The lowest BCUT2D eigenvalue weighted by molar-refractivity contribution is -0.192. The van der Waals surface area contributed by atoms with Gasteiger partial charge < -0.3 is 9.47 Å². The number of rotatable bonds is 7. The predicted molar refractivity (Wildman–Crippen MR) is 60.1 cm³/mol. The second kappa shape index (κ2) is 8.23. The van der Waals surface area contributed by atoms with Crippen LogP contribution in [0.15, 0.2) is 0 Å². The van der Waals surface area contributed by atoms with E-state index in [0.29, 0.717) is 11.8 Å². The quantitative estimate of drug-likeness (QED) is 0.671. The molecule has 0 aliphatic carbocycles. The third kappa shape index (κ3) is 6.73. The maximum absolute atomic E-state index is 12.5. The zero-order valence-corrected chi connectivity index (χ0v) is 10.9. The summed E-state index contributed by atoms with van der Waals surface area (Å²) in [5, 5.41) is 0. The second-order valence-corrected chi connectivity index (χ2v) is 4.20. The van der Waals surface area contributed by atoms with E-state index in [1.54, 1.807) is 6.92 Å². The Morgan fingerprint density at radius 3 is 2.17 bits per heavy atom. The maximum atomic E-state index is 12.5. The van der Waals surface area contributed by atoms with Crippen molar-refractivity contribution >= 4 is 23.7 Å². The highest BCUT2D eigenvalue weighted by atomic mass is 32.2. The first kappa shape index (κ1) is 17.1. The molecule has 0 spiro atoms. The standard InChI is InChI=1S/C10H15F3O4S/c1-3-16-8(14)6-18-5-7(10(11,12)13)9(15)17-4-2/h7H,3-6H2,1-2H3. The highest BCUT2D eigenvalue weighted by Crippen LogP contribution is 2.30. The fourth-order valence-corrected chi connectivity index (χ4v) is 1.93. The zero-order chi connectivity index (χ0) is 14.2. The van der Waals surface area contributed by atoms with Crippen molar-refractivity contribution in [1.29, 1.82) is 0 Å². The monoisotopic (exact) mass is 288 g/mol. The Hall–Kier alpha value is -0.920. The Kier molecular flexibility index (Phi) is 7.81. The van der Waals surface area contributed by atoms with E-state index in [0.717, 1.165) is 0 Å². The molecule has 1 unspecified atom stereocenters. The van der Waals surface area contributed by atoms with Gasteiger partial charge in [0, 0.05) is 5.75 Å². The minimum atomic E-state index is -4.67. The summed E-state index contributed by atoms with van der Waals surface area (Å²) in [4.78, 5) is 22.0. The van der Waals surface area contributed by atoms with E-state index in [4.69, 9.17) is 0 Å². The first-order chi connectivity index (χ1) is 8.32. The zero-order valence-electron chi connectivity index (χ0n) is 10.1. The molecule has 0 aromatic heterocycles. The molecular weight excluding hydrogens is 273 g/mol. The van der Waals surface area contributed by atoms with Crippen molar-refractivity contribution in [1.82, 2.24) is 0 Å². The van der Waals surface area contributed by atoms with E-state index >= 15 is 0 Å². The van der Waals surface area contributed by atoms with Crippen LogP contribution in [0.1, 0.15) is 13.8 Å². The number of ether oxygens (including phenoxy) is 2. The molecule has 0 aromatic rings. The predicted octanol–water partition coefficient (Wildman–Crippen LogP) is 2.02. The number of alkyl halides is 3. The topological polar surface area (TPSA) is 52.6 Å². The Labute approximate surface area is 107 Å². The van der Waals surface area contributed by atoms with Gasteiger partial charge in [-0.05, 0) is 13.8 Å². The molecule has 0 aliphatic heterocycles. The van der Waals surface area contributed by atoms with Gasteiger partial charge in [-0.15, -0.1) is 11.8 Å². The van der Waals surface area contributed by atoms with E-state index in [1.807, 2.05) is 0 Å². The molecule has 0 heterocycles. The number of carbonyl (C=O) groups excluding carboxylic acids is 2. The summed E-state index contributed by atoms with van der Waals surface area (Å²) in [6.45, 7) is 3.07. The number of esters is 2. The third-order valence-electron chi connectivity index (χ3n) is 1.78. The van der Waals surface area contributed by atoms with Crippen molar-refractivity contribution in [2.45, 2.75) is 20.0 Å². The van der Waals surface area contributed by atoms with E-state index in [-0.39, 0.29) is 19.0 Å². The van der Waals surface area contributed by atoms with Gasteiger partial charge in [0.1, 0.15) is 0 Å². The average Bonchev–Trinajstić information content (AvgIpc) is 2.23. The van der Waals surface area contributed by atoms with Crippen LogP contribution < -0.4 is 0 Å². The summed E-state index contributed by atoms with van der Waals surface area (Å²) in [5.41, 5.74) is 0. The van der Waals surface area contributed by atoms with Crippen LogP contribution in [0.25, 0.3) is 0 Å². The van der Waals surface area contributed by atoms with Crippen molar-refractivity contribution in [2.24, 2.45) is 5.92 Å². The summed E-state index contributed by atoms with van der Waals surface area (Å²) in [6, 6.07) is 0. The molecule has 4 nitrogen and oxygen atoms in total. The molecule has 1 atom stereocenters. The highest BCUT2D eigenvalue weighted by Gasteiger charge is 2.45. The first-order valence-electron chi connectivity index (χ1n) is 5.29. The molecule has 0 rings (SSSR count). The van der Waals surface area contributed by atoms with Crippen molar-refractivity contribution in [3.05, 3.63) is 0 Å². The van der Waals surface area contributed by atoms with Gasteiger partial charge in [0.15, 0.2) is 5.92 Å². The molecule has 18 heavy (non-hydrogen) atoms. The first-order valence-corrected chi connectivity index (χ1v) is 6.45. The van der Waals surface area contributed by atoms with Crippen LogP contribution in [0.3, 0.4) is 0 Å². The van der Waals surface area contributed by atoms with Crippen LogP contribution in [-0.2, 0) is 19.1 Å². The van der Waals surface area contributed by atoms with Gasteiger partial charge in [0.2, 0.25) is 0 Å². The Balaban J connectivity index is 4.27. The molecule has 0 amide bonds. The van der Waals surface area contributed by atoms with Crippen LogP contribution in [-0.4, -0.2) is 42.8 Å². The number of halogens is 3. The van der Waals surface area contributed by atoms with E-state index in [1.165, 1.54) is 6.92 Å². The van der Waals surface area contributed by atoms with Crippen molar-refractivity contribution in [2.75, 3.05) is 24.7 Å². The van der Waals surface area contributed by atoms with Gasteiger partial charge in [0.25, 0.3) is 0 Å². The Bertz CT molecular complexity index is 281. The molecule has 0 saturated heterocycles.